The highest BCUT2D eigenvalue weighted by molar-refractivity contribution is 7.22. The first-order valence-corrected chi connectivity index (χ1v) is 9.77. The molecule has 1 heterocycles. The molecule has 6 heteroatoms. The molecule has 0 aliphatic rings. The molecule has 3 rings (SSSR count). The maximum atomic E-state index is 12.4. The number of carbonyl (C=O) groups excluding carboxylic acids is 1. The van der Waals surface area contributed by atoms with Crippen molar-refractivity contribution in [3.05, 3.63) is 53.1 Å². The lowest BCUT2D eigenvalue weighted by Gasteiger charge is -2.06. The molecule has 4 nitrogen and oxygen atoms in total. The molecule has 0 atom stereocenters. The SMILES string of the molecule is CCCCOc1ccc(C(=O)CNc2nc3c(C)c(C)ccc3s2)cc1.[Br-]. The van der Waals surface area contributed by atoms with Crippen LogP contribution >= 0.6 is 11.3 Å². The highest BCUT2D eigenvalue weighted by atomic mass is 79.9. The number of aryl methyl sites for hydroxylation is 2. The molecule has 0 amide bonds. The number of ether oxygens (including phenoxy) is 1. The maximum Gasteiger partial charge on any atom is 0.184 e. The van der Waals surface area contributed by atoms with Crippen molar-refractivity contribution in [2.75, 3.05) is 18.5 Å². The van der Waals surface area contributed by atoms with Crippen molar-refractivity contribution in [3.63, 3.8) is 0 Å². The Bertz CT molecular complexity index is 906. The average Bonchev–Trinajstić information content (AvgIpc) is 3.08. The van der Waals surface area contributed by atoms with Crippen molar-refractivity contribution in [2.24, 2.45) is 0 Å². The van der Waals surface area contributed by atoms with Crippen molar-refractivity contribution in [3.8, 4) is 5.75 Å². The standard InChI is InChI=1S/C21H24N2O2S.BrH/c1-4-5-12-25-17-9-7-16(8-10-17)18(24)13-22-21-23-20-15(3)14(2)6-11-19(20)26-21;/h6-11H,4-5,12-13H2,1-3H3,(H,22,23);1H/p-1. The van der Waals surface area contributed by atoms with Crippen LogP contribution in [-0.2, 0) is 0 Å². The van der Waals surface area contributed by atoms with Crippen molar-refractivity contribution in [2.45, 2.75) is 33.6 Å². The topological polar surface area (TPSA) is 51.2 Å². The fourth-order valence-corrected chi connectivity index (χ4v) is 3.55. The number of Topliss-reactive ketones (excluding diaryl/α,β-unsaturated/α-hetero) is 1. The van der Waals surface area contributed by atoms with E-state index in [0.717, 1.165) is 33.9 Å². The van der Waals surface area contributed by atoms with Crippen LogP contribution in [0.3, 0.4) is 0 Å². The molecule has 0 saturated heterocycles. The Hall–Kier alpha value is -1.92. The van der Waals surface area contributed by atoms with Gasteiger partial charge in [-0.05, 0) is 61.7 Å². The largest absolute Gasteiger partial charge is 1.00 e. The van der Waals surface area contributed by atoms with E-state index in [1.807, 2.05) is 24.3 Å². The van der Waals surface area contributed by atoms with Crippen molar-refractivity contribution in [1.29, 1.82) is 0 Å². The minimum absolute atomic E-state index is 0. The van der Waals surface area contributed by atoms with Gasteiger partial charge in [0.15, 0.2) is 10.9 Å². The Morgan fingerprint density at radius 2 is 1.89 bits per heavy atom. The number of halogens is 1. The van der Waals surface area contributed by atoms with Gasteiger partial charge in [0, 0.05) is 5.56 Å². The number of nitrogens with one attached hydrogen (secondary N) is 1. The molecule has 0 aliphatic carbocycles. The lowest BCUT2D eigenvalue weighted by Crippen LogP contribution is -3.00. The molecule has 144 valence electrons. The smallest absolute Gasteiger partial charge is 0.184 e. The molecule has 0 unspecified atom stereocenters. The second kappa shape index (κ2) is 9.85. The highest BCUT2D eigenvalue weighted by Crippen LogP contribution is 2.29. The van der Waals surface area contributed by atoms with Gasteiger partial charge in [0.25, 0.3) is 0 Å². The number of unbranched alkanes of at least 4 members (excludes halogenated alkanes) is 1. The van der Waals surface area contributed by atoms with E-state index >= 15 is 0 Å². The first kappa shape index (κ1) is 21.4. The van der Waals surface area contributed by atoms with Gasteiger partial charge in [-0.1, -0.05) is 30.7 Å². The zero-order valence-electron chi connectivity index (χ0n) is 15.8. The first-order chi connectivity index (χ1) is 12.6. The third-order valence-electron chi connectivity index (χ3n) is 4.43. The fourth-order valence-electron chi connectivity index (χ4n) is 2.63. The van der Waals surface area contributed by atoms with E-state index < -0.39 is 0 Å². The van der Waals surface area contributed by atoms with E-state index in [0.29, 0.717) is 12.2 Å². The Labute approximate surface area is 174 Å². The summed E-state index contributed by atoms with van der Waals surface area (Å²) in [5, 5.41) is 3.94. The molecule has 0 aliphatic heterocycles. The number of hydrogen-bond donors (Lipinski definition) is 1. The summed E-state index contributed by atoms with van der Waals surface area (Å²) in [6, 6.07) is 11.5. The number of fused-ring (bicyclic) bond motifs is 1. The fraction of sp³-hybridized carbons (Fsp3) is 0.333. The van der Waals surface area contributed by atoms with E-state index in [-0.39, 0.29) is 29.3 Å². The average molecular weight is 448 g/mol. The molecule has 0 radical (unpaired) electrons. The van der Waals surface area contributed by atoms with Gasteiger partial charge < -0.3 is 27.0 Å². The summed E-state index contributed by atoms with van der Waals surface area (Å²) >= 11 is 1.58. The van der Waals surface area contributed by atoms with E-state index in [4.69, 9.17) is 4.74 Å². The molecule has 3 aromatic rings. The first-order valence-electron chi connectivity index (χ1n) is 8.95. The van der Waals surface area contributed by atoms with E-state index in [2.05, 4.69) is 43.2 Å². The number of ketones is 1. The summed E-state index contributed by atoms with van der Waals surface area (Å²) in [4.78, 5) is 17.0. The summed E-state index contributed by atoms with van der Waals surface area (Å²) in [7, 11) is 0. The number of rotatable bonds is 8. The summed E-state index contributed by atoms with van der Waals surface area (Å²) in [6.07, 6.45) is 2.14. The van der Waals surface area contributed by atoms with E-state index in [1.165, 1.54) is 11.1 Å². The number of hydrogen-bond acceptors (Lipinski definition) is 5. The second-order valence-corrected chi connectivity index (χ2v) is 7.41. The zero-order chi connectivity index (χ0) is 18.5. The van der Waals surface area contributed by atoms with Crippen LogP contribution in [0.2, 0.25) is 0 Å². The van der Waals surface area contributed by atoms with Crippen LogP contribution in [0.5, 0.6) is 5.75 Å². The lowest BCUT2D eigenvalue weighted by molar-refractivity contribution is -0.0000135. The Kier molecular flexibility index (Phi) is 7.80. The lowest BCUT2D eigenvalue weighted by atomic mass is 10.1. The van der Waals surface area contributed by atoms with Crippen LogP contribution in [0, 0.1) is 13.8 Å². The summed E-state index contributed by atoms with van der Waals surface area (Å²) in [5.41, 5.74) is 4.11. The summed E-state index contributed by atoms with van der Waals surface area (Å²) in [5.74, 6) is 0.845. The van der Waals surface area contributed by atoms with Gasteiger partial charge in [-0.25, -0.2) is 4.98 Å². The van der Waals surface area contributed by atoms with Gasteiger partial charge in [0.2, 0.25) is 0 Å². The predicted molar refractivity (Wildman–Crippen MR) is 109 cm³/mol. The van der Waals surface area contributed by atoms with Crippen LogP contribution in [0.4, 0.5) is 5.13 Å². The predicted octanol–water partition coefficient (Wildman–Crippen LogP) is 2.39. The normalized spacial score (nSPS) is 10.5. The van der Waals surface area contributed by atoms with E-state index in [1.54, 1.807) is 11.3 Å². The number of aromatic nitrogens is 1. The van der Waals surface area contributed by atoms with E-state index in [9.17, 15) is 4.79 Å². The van der Waals surface area contributed by atoms with Crippen molar-refractivity contribution < 1.29 is 26.5 Å². The van der Waals surface area contributed by atoms with Gasteiger partial charge in [0.1, 0.15) is 5.75 Å². The van der Waals surface area contributed by atoms with Crippen LogP contribution in [0.25, 0.3) is 10.2 Å². The Morgan fingerprint density at radius 3 is 2.59 bits per heavy atom. The van der Waals surface area contributed by atoms with Crippen molar-refractivity contribution >= 4 is 32.5 Å². The third kappa shape index (κ3) is 5.30. The highest BCUT2D eigenvalue weighted by Gasteiger charge is 2.10. The molecule has 0 saturated carbocycles. The number of thiazole rings is 1. The molecule has 1 aromatic heterocycles. The zero-order valence-corrected chi connectivity index (χ0v) is 18.2. The minimum Gasteiger partial charge on any atom is -1.00 e. The molecule has 0 fully saturated rings. The quantitative estimate of drug-likeness (QED) is 0.425. The van der Waals surface area contributed by atoms with Gasteiger partial charge >= 0.3 is 0 Å². The Balaban J connectivity index is 0.00000261. The van der Waals surface area contributed by atoms with Gasteiger partial charge in [-0.15, -0.1) is 0 Å². The molecule has 0 spiro atoms. The molecule has 2 aromatic carbocycles. The van der Waals surface area contributed by atoms with Gasteiger partial charge in [-0.3, -0.25) is 4.79 Å². The third-order valence-corrected chi connectivity index (χ3v) is 5.41. The van der Waals surface area contributed by atoms with Crippen LogP contribution in [0.15, 0.2) is 36.4 Å². The number of carbonyl (C=O) groups is 1. The van der Waals surface area contributed by atoms with Crippen molar-refractivity contribution in [1.82, 2.24) is 4.98 Å². The van der Waals surface area contributed by atoms with Crippen LogP contribution in [-0.4, -0.2) is 23.9 Å². The minimum atomic E-state index is 0. The van der Waals surface area contributed by atoms with Crippen LogP contribution in [0.1, 0.15) is 41.3 Å². The molecule has 1 N–H and O–H groups in total. The number of nitrogens with zero attached hydrogens (tertiary/aromatic N) is 1. The molecular formula is C21H24BrN2O2S-. The second-order valence-electron chi connectivity index (χ2n) is 6.38. The monoisotopic (exact) mass is 447 g/mol. The Morgan fingerprint density at radius 1 is 1.15 bits per heavy atom. The number of anilines is 1. The molecule has 0 bridgehead atoms. The van der Waals surface area contributed by atoms with Crippen LogP contribution < -0.4 is 27.0 Å². The summed E-state index contributed by atoms with van der Waals surface area (Å²) in [6.45, 7) is 7.23. The maximum absolute atomic E-state index is 12.4. The molecular weight excluding hydrogens is 424 g/mol. The number of benzene rings is 2. The van der Waals surface area contributed by atoms with Gasteiger partial charge in [-0.2, -0.15) is 0 Å². The van der Waals surface area contributed by atoms with Gasteiger partial charge in [0.05, 0.1) is 23.4 Å². The summed E-state index contributed by atoms with van der Waals surface area (Å²) < 4.78 is 6.77. The molecule has 27 heavy (non-hydrogen) atoms.